The second-order valence-corrected chi connectivity index (χ2v) is 6.24. The first-order valence-corrected chi connectivity index (χ1v) is 8.49. The molecule has 0 saturated carbocycles. The number of carbonyl (C=O) groups is 1. The molecule has 1 N–H and O–H groups in total. The fourth-order valence-electron chi connectivity index (χ4n) is 2.84. The van der Waals surface area contributed by atoms with E-state index in [-0.39, 0.29) is 12.0 Å². The Balaban J connectivity index is 2.16. The molecule has 2 aromatic rings. The smallest absolute Gasteiger partial charge is 0.221 e. The molecule has 1 aliphatic rings. The number of pyridine rings is 1. The Morgan fingerprint density at radius 1 is 1.56 bits per heavy atom. The van der Waals surface area contributed by atoms with E-state index in [9.17, 15) is 10.1 Å². The lowest BCUT2D eigenvalue weighted by molar-refractivity contribution is -0.114. The van der Waals surface area contributed by atoms with Gasteiger partial charge in [-0.15, -0.1) is 0 Å². The van der Waals surface area contributed by atoms with E-state index in [0.717, 1.165) is 6.42 Å². The molecule has 0 radical (unpaired) electrons. The number of nitriles is 1. The first kappa shape index (κ1) is 17.5. The van der Waals surface area contributed by atoms with E-state index in [1.165, 1.54) is 6.92 Å². The number of hydrogen-bond acceptors (Lipinski definition) is 5. The number of aromatic nitrogens is 1. The third kappa shape index (κ3) is 3.53. The van der Waals surface area contributed by atoms with Crippen LogP contribution in [-0.4, -0.2) is 30.2 Å². The summed E-state index contributed by atoms with van der Waals surface area (Å²) in [5.74, 6) is 0.301. The Labute approximate surface area is 150 Å². The molecule has 2 heterocycles. The maximum Gasteiger partial charge on any atom is 0.221 e. The fraction of sp³-hybridized carbons (Fsp3) is 0.389. The molecule has 1 aliphatic heterocycles. The molecular formula is C18H18ClN3O3. The van der Waals surface area contributed by atoms with Gasteiger partial charge in [0.2, 0.25) is 5.91 Å². The zero-order valence-electron chi connectivity index (χ0n) is 14.1. The van der Waals surface area contributed by atoms with Gasteiger partial charge in [-0.2, -0.15) is 5.26 Å². The van der Waals surface area contributed by atoms with Gasteiger partial charge in [0.25, 0.3) is 0 Å². The standard InChI is InChI=1S/C18H18ClN3O3/c1-3-14-13(8-20)18(19)12-6-16(21-10(2)23)17(7-15(12)22-14)25-11-4-5-24-9-11/h6-7,11H,3-5,9H2,1-2H3,(H,21,23)/t11-/m0/s1. The third-order valence-electron chi connectivity index (χ3n) is 4.04. The first-order valence-electron chi connectivity index (χ1n) is 8.11. The van der Waals surface area contributed by atoms with Gasteiger partial charge >= 0.3 is 0 Å². The summed E-state index contributed by atoms with van der Waals surface area (Å²) in [7, 11) is 0. The summed E-state index contributed by atoms with van der Waals surface area (Å²) < 4.78 is 11.3. The van der Waals surface area contributed by atoms with Crippen LogP contribution in [-0.2, 0) is 16.0 Å². The van der Waals surface area contributed by atoms with Crippen molar-refractivity contribution in [3.63, 3.8) is 0 Å². The van der Waals surface area contributed by atoms with Crippen molar-refractivity contribution in [2.45, 2.75) is 32.8 Å². The van der Waals surface area contributed by atoms with Gasteiger partial charge in [0.05, 0.1) is 40.7 Å². The van der Waals surface area contributed by atoms with Crippen LogP contribution in [0.4, 0.5) is 5.69 Å². The van der Waals surface area contributed by atoms with Crippen molar-refractivity contribution in [1.82, 2.24) is 4.98 Å². The molecule has 3 rings (SSSR count). The average molecular weight is 360 g/mol. The van der Waals surface area contributed by atoms with Crippen LogP contribution < -0.4 is 10.1 Å². The second kappa shape index (κ2) is 7.26. The van der Waals surface area contributed by atoms with E-state index in [1.54, 1.807) is 12.1 Å². The number of nitrogens with zero attached hydrogens (tertiary/aromatic N) is 2. The second-order valence-electron chi connectivity index (χ2n) is 5.86. The molecule has 1 aromatic carbocycles. The zero-order valence-corrected chi connectivity index (χ0v) is 14.8. The highest BCUT2D eigenvalue weighted by molar-refractivity contribution is 6.36. The zero-order chi connectivity index (χ0) is 18.0. The van der Waals surface area contributed by atoms with Crippen molar-refractivity contribution in [1.29, 1.82) is 5.26 Å². The number of ether oxygens (including phenoxy) is 2. The highest BCUT2D eigenvalue weighted by Gasteiger charge is 2.21. The average Bonchev–Trinajstić information content (AvgIpc) is 3.08. The van der Waals surface area contributed by atoms with E-state index >= 15 is 0 Å². The van der Waals surface area contributed by atoms with E-state index in [2.05, 4.69) is 16.4 Å². The van der Waals surface area contributed by atoms with Gasteiger partial charge in [0, 0.05) is 24.8 Å². The van der Waals surface area contributed by atoms with Gasteiger partial charge < -0.3 is 14.8 Å². The fourth-order valence-corrected chi connectivity index (χ4v) is 3.14. The number of nitrogens with one attached hydrogen (secondary N) is 1. The molecular weight excluding hydrogens is 342 g/mol. The quantitative estimate of drug-likeness (QED) is 0.903. The van der Waals surface area contributed by atoms with Gasteiger partial charge in [0.15, 0.2) is 0 Å². The minimum Gasteiger partial charge on any atom is -0.486 e. The molecule has 6 nitrogen and oxygen atoms in total. The number of aryl methyl sites for hydroxylation is 1. The van der Waals surface area contributed by atoms with Crippen molar-refractivity contribution < 1.29 is 14.3 Å². The lowest BCUT2D eigenvalue weighted by Crippen LogP contribution is -2.17. The third-order valence-corrected chi connectivity index (χ3v) is 4.43. The number of halogens is 1. The summed E-state index contributed by atoms with van der Waals surface area (Å²) in [6, 6.07) is 5.57. The van der Waals surface area contributed by atoms with E-state index in [4.69, 9.17) is 21.1 Å². The van der Waals surface area contributed by atoms with Crippen LogP contribution in [0.15, 0.2) is 12.1 Å². The number of anilines is 1. The van der Waals surface area contributed by atoms with Crippen molar-refractivity contribution in [3.05, 3.63) is 28.4 Å². The van der Waals surface area contributed by atoms with Crippen LogP contribution in [0.25, 0.3) is 10.9 Å². The lowest BCUT2D eigenvalue weighted by Gasteiger charge is -2.17. The Bertz CT molecular complexity index is 870. The molecule has 0 unspecified atom stereocenters. The van der Waals surface area contributed by atoms with Crippen molar-refractivity contribution in [2.24, 2.45) is 0 Å². The number of rotatable bonds is 4. The molecule has 1 amide bonds. The summed E-state index contributed by atoms with van der Waals surface area (Å²) in [4.78, 5) is 16.1. The van der Waals surface area contributed by atoms with Crippen LogP contribution in [0.5, 0.6) is 5.75 Å². The first-order chi connectivity index (χ1) is 12.0. The maximum atomic E-state index is 11.6. The minimum absolute atomic E-state index is 0.0653. The Kier molecular flexibility index (Phi) is 5.07. The van der Waals surface area contributed by atoms with Gasteiger partial charge in [-0.25, -0.2) is 0 Å². The molecule has 25 heavy (non-hydrogen) atoms. The number of carbonyl (C=O) groups excluding carboxylic acids is 1. The van der Waals surface area contributed by atoms with Crippen molar-refractivity contribution in [2.75, 3.05) is 18.5 Å². The van der Waals surface area contributed by atoms with Crippen LogP contribution in [0, 0.1) is 11.3 Å². The summed E-state index contributed by atoms with van der Waals surface area (Å²) in [6.07, 6.45) is 1.32. The molecule has 1 aromatic heterocycles. The summed E-state index contributed by atoms with van der Waals surface area (Å²) in [6.45, 7) is 4.51. The van der Waals surface area contributed by atoms with Crippen molar-refractivity contribution >= 4 is 34.1 Å². The monoisotopic (exact) mass is 359 g/mol. The Hall–Kier alpha value is -2.36. The van der Waals surface area contributed by atoms with Crippen LogP contribution in [0.3, 0.4) is 0 Å². The predicted molar refractivity (Wildman–Crippen MR) is 95.0 cm³/mol. The molecule has 0 aliphatic carbocycles. The number of hydrogen-bond donors (Lipinski definition) is 1. The molecule has 7 heteroatoms. The largest absolute Gasteiger partial charge is 0.486 e. The minimum atomic E-state index is -0.221. The van der Waals surface area contributed by atoms with E-state index in [1.807, 2.05) is 6.92 Å². The van der Waals surface area contributed by atoms with Gasteiger partial charge in [0.1, 0.15) is 17.9 Å². The van der Waals surface area contributed by atoms with Gasteiger partial charge in [-0.05, 0) is 12.5 Å². The molecule has 1 saturated heterocycles. The molecule has 1 atom stereocenters. The number of benzene rings is 1. The summed E-state index contributed by atoms with van der Waals surface area (Å²) in [5.41, 5.74) is 2.14. The number of amides is 1. The molecule has 1 fully saturated rings. The molecule has 0 bridgehead atoms. The lowest BCUT2D eigenvalue weighted by atomic mass is 10.1. The van der Waals surface area contributed by atoms with Gasteiger partial charge in [-0.1, -0.05) is 18.5 Å². The summed E-state index contributed by atoms with van der Waals surface area (Å²) in [5, 5.41) is 13.1. The van der Waals surface area contributed by atoms with E-state index < -0.39 is 0 Å². The molecule has 130 valence electrons. The van der Waals surface area contributed by atoms with Crippen LogP contribution in [0.1, 0.15) is 31.5 Å². The van der Waals surface area contributed by atoms with E-state index in [0.29, 0.717) is 58.3 Å². The SMILES string of the molecule is CCc1nc2cc(O[C@H]3CCOC3)c(NC(C)=O)cc2c(Cl)c1C#N. The van der Waals surface area contributed by atoms with Crippen molar-refractivity contribution in [3.8, 4) is 11.8 Å². The molecule has 0 spiro atoms. The van der Waals surface area contributed by atoms with Crippen LogP contribution in [0.2, 0.25) is 5.02 Å². The highest BCUT2D eigenvalue weighted by Crippen LogP contribution is 2.36. The topological polar surface area (TPSA) is 84.2 Å². The Morgan fingerprint density at radius 2 is 2.36 bits per heavy atom. The predicted octanol–water partition coefficient (Wildman–Crippen LogP) is 3.45. The van der Waals surface area contributed by atoms with Crippen LogP contribution >= 0.6 is 11.6 Å². The Morgan fingerprint density at radius 3 is 2.96 bits per heavy atom. The van der Waals surface area contributed by atoms with Gasteiger partial charge in [-0.3, -0.25) is 9.78 Å². The normalized spacial score (nSPS) is 16.6. The maximum absolute atomic E-state index is 11.6. The summed E-state index contributed by atoms with van der Waals surface area (Å²) >= 11 is 6.42. The highest BCUT2D eigenvalue weighted by atomic mass is 35.5. The number of fused-ring (bicyclic) bond motifs is 1.